The van der Waals surface area contributed by atoms with E-state index in [2.05, 4.69) is 30.9 Å². The number of amides is 1. The number of rotatable bonds is 13. The standard InChI is InChI=1S/C31H43N3O7S/c1-24(2)26-21-29(31(36)33-15-13-32(14-16-33)23-25-7-5-4-6-8-25)41-30(22-26)40-20-18-34(17-19-35)42(37,38)28-11-9-27(39-3)10-12-28/h4-12,21,24,26,30,35H,13-20,22-23H2,1-3H3/t26-,30+/m0/s1. The molecule has 0 unspecified atom stereocenters. The molecule has 230 valence electrons. The molecule has 2 aromatic rings. The van der Waals surface area contributed by atoms with Crippen molar-refractivity contribution in [2.24, 2.45) is 11.8 Å². The van der Waals surface area contributed by atoms with Gasteiger partial charge in [0.05, 0.1) is 25.2 Å². The molecule has 2 atom stereocenters. The Balaban J connectivity index is 1.33. The molecule has 0 aliphatic carbocycles. The Morgan fingerprint density at radius 2 is 1.74 bits per heavy atom. The lowest BCUT2D eigenvalue weighted by Gasteiger charge is -2.37. The molecule has 4 rings (SSSR count). The van der Waals surface area contributed by atoms with Crippen molar-refractivity contribution in [2.75, 3.05) is 59.6 Å². The molecule has 1 saturated heterocycles. The maximum atomic E-state index is 13.5. The highest BCUT2D eigenvalue weighted by Crippen LogP contribution is 2.30. The second kappa shape index (κ2) is 15.0. The summed E-state index contributed by atoms with van der Waals surface area (Å²) in [5.41, 5.74) is 1.25. The summed E-state index contributed by atoms with van der Waals surface area (Å²) in [4.78, 5) is 17.7. The molecule has 0 aromatic heterocycles. The molecule has 2 aromatic carbocycles. The predicted octanol–water partition coefficient (Wildman–Crippen LogP) is 2.94. The van der Waals surface area contributed by atoms with Crippen LogP contribution in [0.2, 0.25) is 0 Å². The Morgan fingerprint density at radius 1 is 1.05 bits per heavy atom. The minimum Gasteiger partial charge on any atom is -0.497 e. The van der Waals surface area contributed by atoms with E-state index in [9.17, 15) is 18.3 Å². The van der Waals surface area contributed by atoms with Crippen LogP contribution in [0.15, 0.2) is 71.3 Å². The number of allylic oxidation sites excluding steroid dienone is 1. The summed E-state index contributed by atoms with van der Waals surface area (Å²) in [6.07, 6.45) is 1.79. The molecule has 42 heavy (non-hydrogen) atoms. The van der Waals surface area contributed by atoms with Crippen LogP contribution >= 0.6 is 0 Å². The summed E-state index contributed by atoms with van der Waals surface area (Å²) in [6.45, 7) is 7.51. The number of methoxy groups -OCH3 is 1. The van der Waals surface area contributed by atoms with Gasteiger partial charge in [0, 0.05) is 52.2 Å². The number of aliphatic hydroxyl groups is 1. The molecule has 2 aliphatic rings. The Morgan fingerprint density at radius 3 is 2.36 bits per heavy atom. The van der Waals surface area contributed by atoms with Gasteiger partial charge in [-0.25, -0.2) is 8.42 Å². The quantitative estimate of drug-likeness (QED) is 0.374. The minimum atomic E-state index is -3.86. The molecule has 0 radical (unpaired) electrons. The Labute approximate surface area is 249 Å². The lowest BCUT2D eigenvalue weighted by molar-refractivity contribution is -0.157. The first-order valence-corrected chi connectivity index (χ1v) is 16.0. The Hall–Kier alpha value is -2.96. The first-order chi connectivity index (χ1) is 20.2. The fourth-order valence-electron chi connectivity index (χ4n) is 5.16. The van der Waals surface area contributed by atoms with Gasteiger partial charge in [-0.2, -0.15) is 4.31 Å². The zero-order chi connectivity index (χ0) is 30.1. The number of aliphatic hydroxyl groups excluding tert-OH is 1. The highest BCUT2D eigenvalue weighted by Gasteiger charge is 2.33. The highest BCUT2D eigenvalue weighted by molar-refractivity contribution is 7.89. The molecule has 1 N–H and O–H groups in total. The summed E-state index contributed by atoms with van der Waals surface area (Å²) >= 11 is 0. The minimum absolute atomic E-state index is 0.0253. The van der Waals surface area contributed by atoms with Crippen LogP contribution in [0.25, 0.3) is 0 Å². The van der Waals surface area contributed by atoms with Crippen molar-refractivity contribution in [3.05, 3.63) is 72.0 Å². The van der Waals surface area contributed by atoms with E-state index in [-0.39, 0.29) is 48.9 Å². The summed E-state index contributed by atoms with van der Waals surface area (Å²) < 4.78 is 44.8. The van der Waals surface area contributed by atoms with Crippen molar-refractivity contribution in [3.63, 3.8) is 0 Å². The monoisotopic (exact) mass is 601 g/mol. The lowest BCUT2D eigenvalue weighted by Crippen LogP contribution is -2.49. The van der Waals surface area contributed by atoms with Crippen molar-refractivity contribution in [1.29, 1.82) is 0 Å². The number of nitrogens with zero attached hydrogens (tertiary/aromatic N) is 3. The Kier molecular flexibility index (Phi) is 11.4. The van der Waals surface area contributed by atoms with Gasteiger partial charge >= 0.3 is 0 Å². The van der Waals surface area contributed by atoms with E-state index in [1.807, 2.05) is 29.2 Å². The van der Waals surface area contributed by atoms with Gasteiger partial charge < -0.3 is 24.2 Å². The van der Waals surface area contributed by atoms with E-state index >= 15 is 0 Å². The molecule has 11 heteroatoms. The van der Waals surface area contributed by atoms with Gasteiger partial charge in [-0.1, -0.05) is 44.2 Å². The number of ether oxygens (including phenoxy) is 3. The molecule has 2 heterocycles. The number of carbonyl (C=O) groups is 1. The number of hydrogen-bond donors (Lipinski definition) is 1. The van der Waals surface area contributed by atoms with Crippen LogP contribution in [0.5, 0.6) is 5.75 Å². The van der Waals surface area contributed by atoms with Crippen LogP contribution in [0.1, 0.15) is 25.8 Å². The maximum Gasteiger partial charge on any atom is 0.288 e. The number of sulfonamides is 1. The summed E-state index contributed by atoms with van der Waals surface area (Å²) in [6, 6.07) is 16.4. The van der Waals surface area contributed by atoms with Crippen LogP contribution in [-0.2, 0) is 30.8 Å². The van der Waals surface area contributed by atoms with Gasteiger partial charge in [0.2, 0.25) is 16.3 Å². The van der Waals surface area contributed by atoms with Crippen LogP contribution in [0.3, 0.4) is 0 Å². The molecule has 0 bridgehead atoms. The van der Waals surface area contributed by atoms with Gasteiger partial charge in [0.15, 0.2) is 5.76 Å². The SMILES string of the molecule is COc1ccc(S(=O)(=O)N(CCO)CCO[C@H]2C[C@@H](C(C)C)C=C(C(=O)N3CCN(Cc4ccccc4)CC3)O2)cc1. The topological polar surface area (TPSA) is 109 Å². The zero-order valence-electron chi connectivity index (χ0n) is 24.7. The fraction of sp³-hybridized carbons (Fsp3) is 0.516. The van der Waals surface area contributed by atoms with Crippen molar-refractivity contribution in [3.8, 4) is 5.75 Å². The van der Waals surface area contributed by atoms with Crippen LogP contribution in [-0.4, -0.2) is 99.4 Å². The van der Waals surface area contributed by atoms with Crippen molar-refractivity contribution >= 4 is 15.9 Å². The number of carbonyl (C=O) groups excluding carboxylic acids is 1. The van der Waals surface area contributed by atoms with Crippen LogP contribution in [0, 0.1) is 11.8 Å². The van der Waals surface area contributed by atoms with Crippen LogP contribution < -0.4 is 4.74 Å². The van der Waals surface area contributed by atoms with E-state index in [0.29, 0.717) is 31.0 Å². The van der Waals surface area contributed by atoms with Gasteiger partial charge in [-0.15, -0.1) is 0 Å². The molecular weight excluding hydrogens is 558 g/mol. The third kappa shape index (κ3) is 8.32. The average Bonchev–Trinajstić information content (AvgIpc) is 3.01. The largest absolute Gasteiger partial charge is 0.497 e. The van der Waals surface area contributed by atoms with E-state index < -0.39 is 16.3 Å². The van der Waals surface area contributed by atoms with E-state index in [4.69, 9.17) is 14.2 Å². The van der Waals surface area contributed by atoms with E-state index in [0.717, 1.165) is 19.6 Å². The number of benzene rings is 2. The number of hydrogen-bond acceptors (Lipinski definition) is 8. The summed E-state index contributed by atoms with van der Waals surface area (Å²) in [5.74, 6) is 1.05. The molecule has 1 fully saturated rings. The summed E-state index contributed by atoms with van der Waals surface area (Å²) in [5, 5.41) is 9.54. The maximum absolute atomic E-state index is 13.5. The van der Waals surface area contributed by atoms with E-state index in [1.165, 1.54) is 29.1 Å². The molecule has 0 spiro atoms. The van der Waals surface area contributed by atoms with Crippen LogP contribution in [0.4, 0.5) is 0 Å². The first kappa shape index (κ1) is 32.0. The molecule has 1 amide bonds. The highest BCUT2D eigenvalue weighted by atomic mass is 32.2. The van der Waals surface area contributed by atoms with Gasteiger partial charge in [0.1, 0.15) is 5.75 Å². The van der Waals surface area contributed by atoms with Crippen molar-refractivity contribution in [1.82, 2.24) is 14.1 Å². The normalized spacial score (nSPS) is 20.0. The molecule has 10 nitrogen and oxygen atoms in total. The lowest BCUT2D eigenvalue weighted by atomic mass is 9.90. The van der Waals surface area contributed by atoms with E-state index in [1.54, 1.807) is 12.1 Å². The second-order valence-electron chi connectivity index (χ2n) is 10.9. The average molecular weight is 602 g/mol. The van der Waals surface area contributed by atoms with Gasteiger partial charge in [-0.05, 0) is 47.7 Å². The molecule has 2 aliphatic heterocycles. The summed E-state index contributed by atoms with van der Waals surface area (Å²) in [7, 11) is -2.35. The molecule has 0 saturated carbocycles. The Bertz CT molecular complexity index is 1280. The van der Waals surface area contributed by atoms with Gasteiger partial charge in [-0.3, -0.25) is 9.69 Å². The first-order valence-electron chi connectivity index (χ1n) is 14.5. The predicted molar refractivity (Wildman–Crippen MR) is 159 cm³/mol. The third-order valence-corrected chi connectivity index (χ3v) is 9.67. The van der Waals surface area contributed by atoms with Crippen molar-refractivity contribution < 1.29 is 32.5 Å². The number of piperazine rings is 1. The zero-order valence-corrected chi connectivity index (χ0v) is 25.5. The van der Waals surface area contributed by atoms with Crippen molar-refractivity contribution in [2.45, 2.75) is 38.0 Å². The smallest absolute Gasteiger partial charge is 0.288 e. The fourth-order valence-corrected chi connectivity index (χ4v) is 6.57. The molecular formula is C31H43N3O7S. The van der Waals surface area contributed by atoms with Gasteiger partial charge in [0.25, 0.3) is 5.91 Å². The third-order valence-electron chi connectivity index (χ3n) is 7.76. The second-order valence-corrected chi connectivity index (χ2v) is 12.9.